The van der Waals surface area contributed by atoms with Gasteiger partial charge in [-0.2, -0.15) is 13.2 Å². The molecule has 1 amide bonds. The van der Waals surface area contributed by atoms with Crippen LogP contribution in [0, 0.1) is 0 Å². The Morgan fingerprint density at radius 3 is 2.57 bits per heavy atom. The third kappa shape index (κ3) is 5.58. The van der Waals surface area contributed by atoms with Crippen LogP contribution < -0.4 is 5.32 Å². The number of amides is 1. The van der Waals surface area contributed by atoms with Crippen molar-refractivity contribution in [1.29, 1.82) is 0 Å². The van der Waals surface area contributed by atoms with Gasteiger partial charge in [0.1, 0.15) is 0 Å². The number of anilines is 1. The molecule has 0 aliphatic rings. The number of hydrogen-bond donors (Lipinski definition) is 1. The van der Waals surface area contributed by atoms with Crippen LogP contribution >= 0.6 is 27.7 Å². The van der Waals surface area contributed by atoms with Gasteiger partial charge in [0.25, 0.3) is 0 Å². The van der Waals surface area contributed by atoms with Crippen molar-refractivity contribution in [2.75, 3.05) is 11.1 Å². The van der Waals surface area contributed by atoms with E-state index in [4.69, 9.17) is 0 Å². The number of nitrogens with one attached hydrogen (secondary N) is 1. The summed E-state index contributed by atoms with van der Waals surface area (Å²) >= 11 is 4.82. The first kappa shape index (κ1) is 17.9. The van der Waals surface area contributed by atoms with Gasteiger partial charge < -0.3 is 5.32 Å². The molecular formula is C16H13BrF3NOS. The van der Waals surface area contributed by atoms with Crippen LogP contribution in [0.25, 0.3) is 0 Å². The Balaban J connectivity index is 1.87. The molecule has 0 atom stereocenters. The van der Waals surface area contributed by atoms with Crippen molar-refractivity contribution in [3.05, 3.63) is 64.1 Å². The van der Waals surface area contributed by atoms with Gasteiger partial charge >= 0.3 is 6.18 Å². The topological polar surface area (TPSA) is 29.1 Å². The molecule has 2 rings (SSSR count). The molecule has 0 spiro atoms. The maximum atomic E-state index is 12.6. The highest BCUT2D eigenvalue weighted by molar-refractivity contribution is 9.10. The van der Waals surface area contributed by atoms with E-state index >= 15 is 0 Å². The van der Waals surface area contributed by atoms with E-state index in [1.807, 2.05) is 24.3 Å². The number of hydrogen-bond acceptors (Lipinski definition) is 2. The second kappa shape index (κ2) is 7.88. The Bertz CT molecular complexity index is 691. The Labute approximate surface area is 144 Å². The quantitative estimate of drug-likeness (QED) is 0.729. The first-order valence-corrected chi connectivity index (χ1v) is 8.59. The van der Waals surface area contributed by atoms with Crippen LogP contribution in [-0.2, 0) is 16.7 Å². The lowest BCUT2D eigenvalue weighted by Gasteiger charge is -2.10. The number of alkyl halides is 3. The number of benzene rings is 2. The number of halogens is 4. The summed E-state index contributed by atoms with van der Waals surface area (Å²) in [5.74, 6) is 0.469. The molecule has 0 aliphatic carbocycles. The highest BCUT2D eigenvalue weighted by atomic mass is 79.9. The summed E-state index contributed by atoms with van der Waals surface area (Å²) in [6.45, 7) is 0. The van der Waals surface area contributed by atoms with Crippen molar-refractivity contribution in [2.24, 2.45) is 0 Å². The lowest BCUT2D eigenvalue weighted by molar-refractivity contribution is -0.137. The van der Waals surface area contributed by atoms with Crippen molar-refractivity contribution in [3.63, 3.8) is 0 Å². The summed E-state index contributed by atoms with van der Waals surface area (Å²) < 4.78 is 38.8. The zero-order chi connectivity index (χ0) is 16.9. The lowest BCUT2D eigenvalue weighted by atomic mass is 10.2. The summed E-state index contributed by atoms with van der Waals surface area (Å²) in [5.41, 5.74) is 0.423. The third-order valence-electron chi connectivity index (χ3n) is 2.92. The van der Waals surface area contributed by atoms with Crippen molar-refractivity contribution >= 4 is 39.3 Å². The van der Waals surface area contributed by atoms with Gasteiger partial charge in [0.15, 0.2) is 0 Å². The molecule has 0 saturated carbocycles. The highest BCUT2D eigenvalue weighted by Crippen LogP contribution is 2.30. The highest BCUT2D eigenvalue weighted by Gasteiger charge is 2.30. The lowest BCUT2D eigenvalue weighted by Crippen LogP contribution is -2.15. The van der Waals surface area contributed by atoms with Crippen LogP contribution in [0.4, 0.5) is 18.9 Å². The average molecular weight is 404 g/mol. The Hall–Kier alpha value is -1.47. The fraction of sp³-hybridized carbons (Fsp3) is 0.188. The molecule has 0 saturated heterocycles. The van der Waals surface area contributed by atoms with Gasteiger partial charge in [-0.3, -0.25) is 4.79 Å². The van der Waals surface area contributed by atoms with E-state index in [0.717, 1.165) is 22.2 Å². The fourth-order valence-electron chi connectivity index (χ4n) is 1.84. The van der Waals surface area contributed by atoms with Gasteiger partial charge in [0.2, 0.25) is 5.91 Å². The number of carbonyl (C=O) groups is 1. The van der Waals surface area contributed by atoms with E-state index in [2.05, 4.69) is 21.2 Å². The molecule has 0 fully saturated rings. The summed E-state index contributed by atoms with van der Waals surface area (Å²) in [7, 11) is 0. The molecule has 0 radical (unpaired) electrons. The molecule has 1 N–H and O–H groups in total. The summed E-state index contributed by atoms with van der Waals surface area (Å²) in [6.07, 6.45) is -4.42. The van der Waals surface area contributed by atoms with E-state index in [0.29, 0.717) is 5.75 Å². The van der Waals surface area contributed by atoms with Crippen molar-refractivity contribution in [1.82, 2.24) is 0 Å². The smallest absolute Gasteiger partial charge is 0.325 e. The Morgan fingerprint density at radius 2 is 1.87 bits per heavy atom. The molecule has 122 valence electrons. The molecule has 0 aliphatic heterocycles. The molecule has 0 aromatic heterocycles. The van der Waals surface area contributed by atoms with Crippen molar-refractivity contribution in [3.8, 4) is 0 Å². The SMILES string of the molecule is O=C(CSCc1ccccc1Br)Nc1cccc(C(F)(F)F)c1. The average Bonchev–Trinajstić information content (AvgIpc) is 2.48. The molecule has 2 nitrogen and oxygen atoms in total. The molecule has 2 aromatic rings. The molecule has 7 heteroatoms. The van der Waals surface area contributed by atoms with E-state index in [1.165, 1.54) is 23.9 Å². The number of rotatable bonds is 5. The van der Waals surface area contributed by atoms with Crippen molar-refractivity contribution in [2.45, 2.75) is 11.9 Å². The second-order valence-corrected chi connectivity index (χ2v) is 6.55. The number of carbonyl (C=O) groups excluding carboxylic acids is 1. The first-order chi connectivity index (χ1) is 10.9. The monoisotopic (exact) mass is 403 g/mol. The predicted octanol–water partition coefficient (Wildman–Crippen LogP) is 5.34. The fourth-order valence-corrected chi connectivity index (χ4v) is 3.28. The normalized spacial score (nSPS) is 11.3. The first-order valence-electron chi connectivity index (χ1n) is 6.64. The van der Waals surface area contributed by atoms with E-state index in [1.54, 1.807) is 0 Å². The van der Waals surface area contributed by atoms with Crippen LogP contribution in [0.15, 0.2) is 53.0 Å². The summed E-state index contributed by atoms with van der Waals surface area (Å²) in [4.78, 5) is 11.8. The Kier molecular flexibility index (Phi) is 6.12. The van der Waals surface area contributed by atoms with E-state index < -0.39 is 11.7 Å². The van der Waals surface area contributed by atoms with Gasteiger partial charge in [0.05, 0.1) is 11.3 Å². The van der Waals surface area contributed by atoms with Gasteiger partial charge in [-0.15, -0.1) is 11.8 Å². The maximum absolute atomic E-state index is 12.6. The van der Waals surface area contributed by atoms with Crippen LogP contribution in [0.1, 0.15) is 11.1 Å². The minimum absolute atomic E-state index is 0.145. The standard InChI is InChI=1S/C16H13BrF3NOS/c17-14-7-2-1-4-11(14)9-23-10-15(22)21-13-6-3-5-12(8-13)16(18,19)20/h1-8H,9-10H2,(H,21,22). The minimum Gasteiger partial charge on any atom is -0.325 e. The van der Waals surface area contributed by atoms with E-state index in [-0.39, 0.29) is 17.3 Å². The van der Waals surface area contributed by atoms with Gasteiger partial charge in [-0.1, -0.05) is 40.2 Å². The molecule has 0 heterocycles. The zero-order valence-electron chi connectivity index (χ0n) is 11.9. The van der Waals surface area contributed by atoms with Crippen LogP contribution in [-0.4, -0.2) is 11.7 Å². The van der Waals surface area contributed by atoms with Gasteiger partial charge in [-0.25, -0.2) is 0 Å². The summed E-state index contributed by atoms with van der Waals surface area (Å²) in [5, 5.41) is 2.48. The second-order valence-electron chi connectivity index (χ2n) is 4.71. The Morgan fingerprint density at radius 1 is 1.13 bits per heavy atom. The van der Waals surface area contributed by atoms with Crippen molar-refractivity contribution < 1.29 is 18.0 Å². The summed E-state index contributed by atoms with van der Waals surface area (Å²) in [6, 6.07) is 12.3. The number of thioether (sulfide) groups is 1. The molecule has 23 heavy (non-hydrogen) atoms. The largest absolute Gasteiger partial charge is 0.416 e. The van der Waals surface area contributed by atoms with Crippen LogP contribution in [0.5, 0.6) is 0 Å². The van der Waals surface area contributed by atoms with Crippen LogP contribution in [0.2, 0.25) is 0 Å². The minimum atomic E-state index is -4.42. The zero-order valence-corrected chi connectivity index (χ0v) is 14.3. The molecule has 0 bridgehead atoms. The van der Waals surface area contributed by atoms with E-state index in [9.17, 15) is 18.0 Å². The molecular weight excluding hydrogens is 391 g/mol. The third-order valence-corrected chi connectivity index (χ3v) is 4.68. The van der Waals surface area contributed by atoms with Crippen LogP contribution in [0.3, 0.4) is 0 Å². The maximum Gasteiger partial charge on any atom is 0.416 e. The predicted molar refractivity (Wildman–Crippen MR) is 90.4 cm³/mol. The van der Waals surface area contributed by atoms with Gasteiger partial charge in [-0.05, 0) is 29.8 Å². The van der Waals surface area contributed by atoms with Gasteiger partial charge in [0, 0.05) is 15.9 Å². The molecule has 0 unspecified atom stereocenters. The molecule has 2 aromatic carbocycles.